The van der Waals surface area contributed by atoms with Crippen molar-refractivity contribution in [2.45, 2.75) is 13.8 Å². The number of aromatic nitrogens is 2. The summed E-state index contributed by atoms with van der Waals surface area (Å²) in [5.41, 5.74) is 0.603. The Bertz CT molecular complexity index is 604. The van der Waals surface area contributed by atoms with Crippen LogP contribution < -0.4 is 15.4 Å². The topological polar surface area (TPSA) is 59.1 Å². The molecule has 0 spiro atoms. The molecule has 2 N–H and O–H groups in total. The fraction of sp³-hybridized carbons (Fsp3) is 0.286. The van der Waals surface area contributed by atoms with Gasteiger partial charge in [0.15, 0.2) is 11.6 Å². The quantitative estimate of drug-likeness (QED) is 0.878. The zero-order chi connectivity index (χ0) is 14.5. The van der Waals surface area contributed by atoms with Crippen LogP contribution in [-0.4, -0.2) is 23.6 Å². The van der Waals surface area contributed by atoms with Gasteiger partial charge >= 0.3 is 0 Å². The van der Waals surface area contributed by atoms with Crippen molar-refractivity contribution in [3.05, 3.63) is 35.9 Å². The molecule has 106 valence electrons. The van der Waals surface area contributed by atoms with E-state index in [1.54, 1.807) is 32.2 Å². The van der Waals surface area contributed by atoms with Gasteiger partial charge in [0.05, 0.1) is 6.61 Å². The summed E-state index contributed by atoms with van der Waals surface area (Å²) < 4.78 is 18.9. The lowest BCUT2D eigenvalue weighted by Gasteiger charge is -2.10. The predicted octanol–water partition coefficient (Wildman–Crippen LogP) is 3.11. The summed E-state index contributed by atoms with van der Waals surface area (Å²) in [6, 6.07) is 6.46. The van der Waals surface area contributed by atoms with E-state index in [9.17, 15) is 4.39 Å². The molecule has 0 saturated carbocycles. The van der Waals surface area contributed by atoms with Crippen molar-refractivity contribution >= 4 is 17.3 Å². The van der Waals surface area contributed by atoms with E-state index in [1.165, 1.54) is 6.07 Å². The van der Waals surface area contributed by atoms with E-state index in [0.717, 1.165) is 0 Å². The minimum absolute atomic E-state index is 0.243. The molecule has 0 bridgehead atoms. The first-order chi connectivity index (χ1) is 9.62. The second kappa shape index (κ2) is 6.18. The highest BCUT2D eigenvalue weighted by Gasteiger charge is 2.06. The zero-order valence-corrected chi connectivity index (χ0v) is 11.7. The van der Waals surface area contributed by atoms with E-state index in [4.69, 9.17) is 4.74 Å². The maximum Gasteiger partial charge on any atom is 0.167 e. The van der Waals surface area contributed by atoms with Gasteiger partial charge in [0, 0.05) is 24.9 Å². The lowest BCUT2D eigenvalue weighted by molar-refractivity contribution is 0.321. The summed E-state index contributed by atoms with van der Waals surface area (Å²) in [6.07, 6.45) is 0. The smallest absolute Gasteiger partial charge is 0.167 e. The number of nitrogens with zero attached hydrogens (tertiary/aromatic N) is 2. The average Bonchev–Trinajstić information content (AvgIpc) is 2.41. The molecule has 0 radical (unpaired) electrons. The Balaban J connectivity index is 2.21. The molecule has 2 aromatic rings. The third-order valence-electron chi connectivity index (χ3n) is 2.60. The van der Waals surface area contributed by atoms with Crippen LogP contribution >= 0.6 is 0 Å². The van der Waals surface area contributed by atoms with E-state index >= 15 is 0 Å². The molecule has 0 aliphatic heterocycles. The number of hydrogen-bond acceptors (Lipinski definition) is 5. The van der Waals surface area contributed by atoms with Gasteiger partial charge in [0.25, 0.3) is 0 Å². The van der Waals surface area contributed by atoms with Gasteiger partial charge < -0.3 is 15.4 Å². The molecule has 0 amide bonds. The van der Waals surface area contributed by atoms with Crippen molar-refractivity contribution in [3.8, 4) is 5.75 Å². The summed E-state index contributed by atoms with van der Waals surface area (Å²) in [5, 5.41) is 5.99. The van der Waals surface area contributed by atoms with Crippen LogP contribution in [0, 0.1) is 12.7 Å². The number of hydrogen-bond donors (Lipinski definition) is 2. The van der Waals surface area contributed by atoms with Gasteiger partial charge in [-0.05, 0) is 26.0 Å². The highest BCUT2D eigenvalue weighted by atomic mass is 19.1. The van der Waals surface area contributed by atoms with Gasteiger partial charge in [-0.1, -0.05) is 0 Å². The molecule has 1 heterocycles. The SMILES string of the molecule is CCOc1ccc(Nc2cc(NC)nc(C)n2)cc1F. The Morgan fingerprint density at radius 1 is 1.20 bits per heavy atom. The Labute approximate surface area is 117 Å². The summed E-state index contributed by atoms with van der Waals surface area (Å²) in [6.45, 7) is 4.04. The van der Waals surface area contributed by atoms with Crippen molar-refractivity contribution in [2.24, 2.45) is 0 Å². The second-order valence-corrected chi connectivity index (χ2v) is 4.14. The molecule has 1 aromatic heterocycles. The van der Waals surface area contributed by atoms with Crippen molar-refractivity contribution in [2.75, 3.05) is 24.3 Å². The molecule has 0 aliphatic rings. The van der Waals surface area contributed by atoms with Crippen molar-refractivity contribution < 1.29 is 9.13 Å². The Morgan fingerprint density at radius 3 is 2.60 bits per heavy atom. The normalized spacial score (nSPS) is 10.2. The number of nitrogens with one attached hydrogen (secondary N) is 2. The Morgan fingerprint density at radius 2 is 1.95 bits per heavy atom. The van der Waals surface area contributed by atoms with Gasteiger partial charge in [-0.3, -0.25) is 0 Å². The van der Waals surface area contributed by atoms with Crippen LogP contribution in [-0.2, 0) is 0 Å². The Hall–Kier alpha value is -2.37. The van der Waals surface area contributed by atoms with Crippen molar-refractivity contribution in [3.63, 3.8) is 0 Å². The minimum atomic E-state index is -0.406. The molecular formula is C14H17FN4O. The molecule has 0 unspecified atom stereocenters. The first kappa shape index (κ1) is 14.0. The molecule has 0 saturated heterocycles. The molecule has 6 heteroatoms. The van der Waals surface area contributed by atoms with E-state index in [1.807, 2.05) is 6.92 Å². The van der Waals surface area contributed by atoms with Crippen molar-refractivity contribution in [1.29, 1.82) is 0 Å². The van der Waals surface area contributed by atoms with Crippen molar-refractivity contribution in [1.82, 2.24) is 9.97 Å². The highest BCUT2D eigenvalue weighted by molar-refractivity contribution is 5.60. The van der Waals surface area contributed by atoms with Gasteiger partial charge in [0.2, 0.25) is 0 Å². The fourth-order valence-electron chi connectivity index (χ4n) is 1.76. The fourth-order valence-corrected chi connectivity index (χ4v) is 1.76. The maximum absolute atomic E-state index is 13.8. The number of ether oxygens (including phenoxy) is 1. The summed E-state index contributed by atoms with van der Waals surface area (Å²) in [4.78, 5) is 8.44. The molecule has 5 nitrogen and oxygen atoms in total. The van der Waals surface area contributed by atoms with Gasteiger partial charge in [-0.25, -0.2) is 14.4 Å². The molecule has 0 atom stereocenters. The number of anilines is 3. The number of aryl methyl sites for hydroxylation is 1. The third kappa shape index (κ3) is 3.34. The summed E-state index contributed by atoms with van der Waals surface area (Å²) in [5.74, 6) is 1.77. The average molecular weight is 276 g/mol. The van der Waals surface area contributed by atoms with Crippen LogP contribution in [0.4, 0.5) is 21.7 Å². The van der Waals surface area contributed by atoms with E-state index in [-0.39, 0.29) is 5.75 Å². The zero-order valence-electron chi connectivity index (χ0n) is 11.7. The highest BCUT2D eigenvalue weighted by Crippen LogP contribution is 2.23. The summed E-state index contributed by atoms with van der Waals surface area (Å²) in [7, 11) is 1.78. The third-order valence-corrected chi connectivity index (χ3v) is 2.60. The van der Waals surface area contributed by atoms with Crippen LogP contribution in [0.15, 0.2) is 24.3 Å². The lowest BCUT2D eigenvalue weighted by Crippen LogP contribution is -2.02. The largest absolute Gasteiger partial charge is 0.491 e. The Kier molecular flexibility index (Phi) is 4.34. The van der Waals surface area contributed by atoms with Gasteiger partial charge in [-0.2, -0.15) is 0 Å². The first-order valence-electron chi connectivity index (χ1n) is 6.35. The first-order valence-corrected chi connectivity index (χ1v) is 6.35. The second-order valence-electron chi connectivity index (χ2n) is 4.14. The number of rotatable bonds is 5. The molecule has 1 aromatic carbocycles. The molecule has 0 fully saturated rings. The van der Waals surface area contributed by atoms with E-state index in [0.29, 0.717) is 29.8 Å². The van der Waals surface area contributed by atoms with Crippen LogP contribution in [0.5, 0.6) is 5.75 Å². The van der Waals surface area contributed by atoms with E-state index < -0.39 is 5.82 Å². The number of halogens is 1. The van der Waals surface area contributed by atoms with Crippen LogP contribution in [0.2, 0.25) is 0 Å². The monoisotopic (exact) mass is 276 g/mol. The van der Waals surface area contributed by atoms with Crippen LogP contribution in [0.25, 0.3) is 0 Å². The molecule has 0 aliphatic carbocycles. The van der Waals surface area contributed by atoms with Crippen LogP contribution in [0.3, 0.4) is 0 Å². The van der Waals surface area contributed by atoms with Gasteiger partial charge in [0.1, 0.15) is 17.5 Å². The van der Waals surface area contributed by atoms with Crippen LogP contribution in [0.1, 0.15) is 12.7 Å². The van der Waals surface area contributed by atoms with E-state index in [2.05, 4.69) is 20.6 Å². The predicted molar refractivity (Wildman–Crippen MR) is 77.2 cm³/mol. The molecule has 20 heavy (non-hydrogen) atoms. The molecular weight excluding hydrogens is 259 g/mol. The standard InChI is InChI=1S/C14H17FN4O/c1-4-20-12-6-5-10(7-11(12)15)19-14-8-13(16-3)17-9(2)18-14/h5-8H,4H2,1-3H3,(H2,16,17,18,19). The maximum atomic E-state index is 13.8. The van der Waals surface area contributed by atoms with Gasteiger partial charge in [-0.15, -0.1) is 0 Å². The molecule has 2 rings (SSSR count). The minimum Gasteiger partial charge on any atom is -0.491 e. The number of benzene rings is 1. The lowest BCUT2D eigenvalue weighted by atomic mass is 10.3. The summed E-state index contributed by atoms with van der Waals surface area (Å²) >= 11 is 0.